The van der Waals surface area contributed by atoms with E-state index in [1.54, 1.807) is 36.4 Å². The number of carbonyl (C=O) groups excluding carboxylic acids is 1. The van der Waals surface area contributed by atoms with E-state index in [9.17, 15) is 15.0 Å². The summed E-state index contributed by atoms with van der Waals surface area (Å²) in [6.07, 6.45) is 0. The number of benzene rings is 2. The molecule has 3 aromatic rings. The predicted octanol–water partition coefficient (Wildman–Crippen LogP) is 3.94. The number of Topliss-reactive ketones (excluding diaryl/α,β-unsaturated/α-hetero) is 1. The van der Waals surface area contributed by atoms with Gasteiger partial charge in [0.05, 0.1) is 11.3 Å². The summed E-state index contributed by atoms with van der Waals surface area (Å²) < 4.78 is 2.05. The summed E-state index contributed by atoms with van der Waals surface area (Å²) in [5, 5.41) is 20.0. The van der Waals surface area contributed by atoms with Crippen LogP contribution in [-0.2, 0) is 6.54 Å². The van der Waals surface area contributed by atoms with Crippen LogP contribution in [0.2, 0.25) is 0 Å². The highest BCUT2D eigenvalue weighted by Crippen LogP contribution is 2.36. The van der Waals surface area contributed by atoms with Gasteiger partial charge in [-0.05, 0) is 61.9 Å². The second-order valence-electron chi connectivity index (χ2n) is 5.27. The molecule has 1 aromatic heterocycles. The van der Waals surface area contributed by atoms with Crippen molar-refractivity contribution >= 4 is 16.7 Å². The molecule has 0 aliphatic rings. The Kier molecular flexibility index (Phi) is 3.37. The molecular weight excluding hydrogens is 278 g/mol. The van der Waals surface area contributed by atoms with E-state index < -0.39 is 0 Å². The van der Waals surface area contributed by atoms with Gasteiger partial charge in [0.2, 0.25) is 0 Å². The maximum absolute atomic E-state index is 12.2. The molecule has 2 aromatic carbocycles. The Balaban J connectivity index is 2.43. The van der Waals surface area contributed by atoms with Crippen LogP contribution >= 0.6 is 0 Å². The standard InChI is InChI=1S/C18H17NO3/c1-3-19-16-9-8-14(22)10-15(16)17(11(2)20)18(19)12-4-6-13(21)7-5-12/h4-10,21-22H,3H2,1-2H3. The topological polar surface area (TPSA) is 62.5 Å². The molecule has 0 amide bonds. The van der Waals surface area contributed by atoms with Gasteiger partial charge in [-0.25, -0.2) is 0 Å². The summed E-state index contributed by atoms with van der Waals surface area (Å²) >= 11 is 0. The largest absolute Gasteiger partial charge is 0.508 e. The lowest BCUT2D eigenvalue weighted by Gasteiger charge is -2.09. The van der Waals surface area contributed by atoms with Crippen LogP contribution in [0, 0.1) is 0 Å². The van der Waals surface area contributed by atoms with Crippen molar-refractivity contribution in [3.05, 3.63) is 48.0 Å². The molecule has 112 valence electrons. The number of phenolic OH excluding ortho intramolecular Hbond substituents is 2. The van der Waals surface area contributed by atoms with Crippen LogP contribution in [0.15, 0.2) is 42.5 Å². The number of hydrogen-bond donors (Lipinski definition) is 2. The third-order valence-electron chi connectivity index (χ3n) is 3.86. The molecule has 4 nitrogen and oxygen atoms in total. The van der Waals surface area contributed by atoms with E-state index in [0.29, 0.717) is 12.1 Å². The number of aromatic hydroxyl groups is 2. The van der Waals surface area contributed by atoms with E-state index in [-0.39, 0.29) is 17.3 Å². The zero-order valence-electron chi connectivity index (χ0n) is 12.5. The van der Waals surface area contributed by atoms with Crippen LogP contribution < -0.4 is 0 Å². The van der Waals surface area contributed by atoms with E-state index in [1.165, 1.54) is 6.92 Å². The molecule has 0 atom stereocenters. The molecule has 2 N–H and O–H groups in total. The van der Waals surface area contributed by atoms with Crippen molar-refractivity contribution in [2.75, 3.05) is 0 Å². The zero-order valence-corrected chi connectivity index (χ0v) is 12.5. The number of aromatic nitrogens is 1. The van der Waals surface area contributed by atoms with Gasteiger partial charge in [-0.15, -0.1) is 0 Å². The lowest BCUT2D eigenvalue weighted by Crippen LogP contribution is -2.00. The molecule has 0 saturated carbocycles. The molecule has 0 saturated heterocycles. The third-order valence-corrected chi connectivity index (χ3v) is 3.86. The molecule has 22 heavy (non-hydrogen) atoms. The predicted molar refractivity (Wildman–Crippen MR) is 86.4 cm³/mol. The Morgan fingerprint density at radius 1 is 1.05 bits per heavy atom. The highest BCUT2D eigenvalue weighted by molar-refractivity contribution is 6.13. The van der Waals surface area contributed by atoms with Gasteiger partial charge in [-0.3, -0.25) is 4.79 Å². The van der Waals surface area contributed by atoms with Crippen molar-refractivity contribution in [3.8, 4) is 22.8 Å². The highest BCUT2D eigenvalue weighted by Gasteiger charge is 2.21. The van der Waals surface area contributed by atoms with Crippen LogP contribution in [0.3, 0.4) is 0 Å². The van der Waals surface area contributed by atoms with E-state index in [4.69, 9.17) is 0 Å². The van der Waals surface area contributed by atoms with Crippen LogP contribution in [0.1, 0.15) is 24.2 Å². The summed E-state index contributed by atoms with van der Waals surface area (Å²) in [6.45, 7) is 4.24. The molecule has 0 radical (unpaired) electrons. The fourth-order valence-corrected chi connectivity index (χ4v) is 2.95. The van der Waals surface area contributed by atoms with Crippen molar-refractivity contribution in [2.45, 2.75) is 20.4 Å². The molecule has 1 heterocycles. The smallest absolute Gasteiger partial charge is 0.162 e. The van der Waals surface area contributed by atoms with Gasteiger partial charge in [0.25, 0.3) is 0 Å². The summed E-state index contributed by atoms with van der Waals surface area (Å²) in [5.41, 5.74) is 3.18. The monoisotopic (exact) mass is 295 g/mol. The minimum atomic E-state index is -0.0501. The van der Waals surface area contributed by atoms with E-state index in [0.717, 1.165) is 22.2 Å². The van der Waals surface area contributed by atoms with Gasteiger partial charge in [0.15, 0.2) is 5.78 Å². The summed E-state index contributed by atoms with van der Waals surface area (Å²) in [4.78, 5) is 12.2. The van der Waals surface area contributed by atoms with E-state index in [1.807, 2.05) is 13.0 Å². The number of hydrogen-bond acceptors (Lipinski definition) is 3. The van der Waals surface area contributed by atoms with Gasteiger partial charge in [-0.2, -0.15) is 0 Å². The number of aryl methyl sites for hydroxylation is 1. The number of fused-ring (bicyclic) bond motifs is 1. The first-order valence-corrected chi connectivity index (χ1v) is 7.18. The molecular formula is C18H17NO3. The highest BCUT2D eigenvalue weighted by atomic mass is 16.3. The molecule has 0 aliphatic carbocycles. The molecule has 0 aliphatic heterocycles. The quantitative estimate of drug-likeness (QED) is 0.719. The van der Waals surface area contributed by atoms with Gasteiger partial charge >= 0.3 is 0 Å². The van der Waals surface area contributed by atoms with Gasteiger partial charge in [0, 0.05) is 17.4 Å². The first-order valence-electron chi connectivity index (χ1n) is 7.18. The number of carbonyl (C=O) groups is 1. The van der Waals surface area contributed by atoms with Crippen LogP contribution in [0.25, 0.3) is 22.2 Å². The lowest BCUT2D eigenvalue weighted by molar-refractivity contribution is 0.101. The maximum atomic E-state index is 12.2. The van der Waals surface area contributed by atoms with Crippen molar-refractivity contribution in [1.29, 1.82) is 0 Å². The number of nitrogens with zero attached hydrogens (tertiary/aromatic N) is 1. The lowest BCUT2D eigenvalue weighted by atomic mass is 10.0. The van der Waals surface area contributed by atoms with Crippen molar-refractivity contribution in [3.63, 3.8) is 0 Å². The average Bonchev–Trinajstić information content (AvgIpc) is 2.81. The summed E-state index contributed by atoms with van der Waals surface area (Å²) in [6, 6.07) is 11.9. The van der Waals surface area contributed by atoms with Crippen LogP contribution in [0.4, 0.5) is 0 Å². The Morgan fingerprint density at radius 2 is 1.68 bits per heavy atom. The Morgan fingerprint density at radius 3 is 2.27 bits per heavy atom. The second-order valence-corrected chi connectivity index (χ2v) is 5.27. The van der Waals surface area contributed by atoms with Gasteiger partial charge < -0.3 is 14.8 Å². The van der Waals surface area contributed by atoms with Gasteiger partial charge in [0.1, 0.15) is 11.5 Å². The fraction of sp³-hybridized carbons (Fsp3) is 0.167. The molecule has 0 bridgehead atoms. The fourth-order valence-electron chi connectivity index (χ4n) is 2.95. The number of ketones is 1. The second kappa shape index (κ2) is 5.22. The minimum Gasteiger partial charge on any atom is -0.508 e. The first kappa shape index (κ1) is 14.2. The molecule has 0 spiro atoms. The Bertz CT molecular complexity index is 860. The van der Waals surface area contributed by atoms with Crippen LogP contribution in [0.5, 0.6) is 11.5 Å². The zero-order chi connectivity index (χ0) is 15.9. The van der Waals surface area contributed by atoms with E-state index in [2.05, 4.69) is 4.57 Å². The van der Waals surface area contributed by atoms with Crippen molar-refractivity contribution in [2.24, 2.45) is 0 Å². The molecule has 4 heteroatoms. The number of rotatable bonds is 3. The molecule has 0 fully saturated rings. The van der Waals surface area contributed by atoms with E-state index >= 15 is 0 Å². The SMILES string of the molecule is CCn1c(-c2ccc(O)cc2)c(C(C)=O)c2cc(O)ccc21. The number of phenols is 2. The molecule has 0 unspecified atom stereocenters. The summed E-state index contributed by atoms with van der Waals surface area (Å²) in [5.74, 6) is 0.274. The van der Waals surface area contributed by atoms with Crippen LogP contribution in [-0.4, -0.2) is 20.6 Å². The van der Waals surface area contributed by atoms with Crippen molar-refractivity contribution in [1.82, 2.24) is 4.57 Å². The summed E-state index contributed by atoms with van der Waals surface area (Å²) in [7, 11) is 0. The average molecular weight is 295 g/mol. The van der Waals surface area contributed by atoms with Gasteiger partial charge in [-0.1, -0.05) is 0 Å². The Labute approximate surface area is 128 Å². The first-order chi connectivity index (χ1) is 10.5. The van der Waals surface area contributed by atoms with Crippen molar-refractivity contribution < 1.29 is 15.0 Å². The Hall–Kier alpha value is -2.75. The maximum Gasteiger partial charge on any atom is 0.162 e. The minimum absolute atomic E-state index is 0.0501. The normalized spacial score (nSPS) is 11.0. The molecule has 3 rings (SSSR count). The third kappa shape index (κ3) is 2.13.